The van der Waals surface area contributed by atoms with E-state index in [2.05, 4.69) is 0 Å². The molecule has 110 valence electrons. The molecular weight excluding hydrogens is 272 g/mol. The van der Waals surface area contributed by atoms with Gasteiger partial charge in [-0.2, -0.15) is 0 Å². The number of benzene rings is 2. The van der Waals surface area contributed by atoms with Gasteiger partial charge in [0, 0.05) is 12.0 Å². The number of hydrogen-bond acceptors (Lipinski definition) is 2. The SMILES string of the molecule is NC(Cc1cc(F)ccc1F)C1COc2ccccc2C1. The highest BCUT2D eigenvalue weighted by molar-refractivity contribution is 5.35. The van der Waals surface area contributed by atoms with Crippen LogP contribution in [0, 0.1) is 17.6 Å². The molecule has 0 fully saturated rings. The van der Waals surface area contributed by atoms with Gasteiger partial charge in [0.05, 0.1) is 6.61 Å². The molecule has 1 aliphatic heterocycles. The quantitative estimate of drug-likeness (QED) is 0.942. The fraction of sp³-hybridized carbons (Fsp3) is 0.294. The van der Waals surface area contributed by atoms with Crippen molar-refractivity contribution in [2.24, 2.45) is 11.7 Å². The molecule has 0 saturated carbocycles. The third kappa shape index (κ3) is 3.05. The molecule has 2 N–H and O–H groups in total. The van der Waals surface area contributed by atoms with Crippen LogP contribution in [0.1, 0.15) is 11.1 Å². The lowest BCUT2D eigenvalue weighted by molar-refractivity contribution is 0.198. The number of ether oxygens (including phenoxy) is 1. The van der Waals surface area contributed by atoms with E-state index in [1.54, 1.807) is 0 Å². The molecule has 0 bridgehead atoms. The molecule has 0 amide bonds. The summed E-state index contributed by atoms with van der Waals surface area (Å²) in [6.45, 7) is 0.509. The van der Waals surface area contributed by atoms with Gasteiger partial charge in [0.25, 0.3) is 0 Å². The van der Waals surface area contributed by atoms with Crippen molar-refractivity contribution in [1.82, 2.24) is 0 Å². The van der Waals surface area contributed by atoms with E-state index in [4.69, 9.17) is 10.5 Å². The van der Waals surface area contributed by atoms with Crippen LogP contribution in [-0.2, 0) is 12.8 Å². The molecule has 1 aliphatic rings. The molecule has 3 rings (SSSR count). The number of nitrogens with two attached hydrogens (primary N) is 1. The van der Waals surface area contributed by atoms with Crippen molar-refractivity contribution in [2.45, 2.75) is 18.9 Å². The second-order valence-corrected chi connectivity index (χ2v) is 5.49. The Bertz CT molecular complexity index is 644. The Morgan fingerprint density at radius 1 is 1.19 bits per heavy atom. The maximum absolute atomic E-state index is 13.7. The van der Waals surface area contributed by atoms with E-state index < -0.39 is 11.6 Å². The summed E-state index contributed by atoms with van der Waals surface area (Å²) in [6.07, 6.45) is 1.11. The fourth-order valence-corrected chi connectivity index (χ4v) is 2.75. The number of fused-ring (bicyclic) bond motifs is 1. The van der Waals surface area contributed by atoms with Gasteiger partial charge in [-0.25, -0.2) is 8.78 Å². The largest absolute Gasteiger partial charge is 0.493 e. The summed E-state index contributed by atoms with van der Waals surface area (Å²) in [7, 11) is 0. The second kappa shape index (κ2) is 5.82. The second-order valence-electron chi connectivity index (χ2n) is 5.49. The van der Waals surface area contributed by atoms with Gasteiger partial charge in [-0.1, -0.05) is 18.2 Å². The van der Waals surface area contributed by atoms with Gasteiger partial charge in [-0.3, -0.25) is 0 Å². The molecule has 0 radical (unpaired) electrons. The first-order valence-electron chi connectivity index (χ1n) is 7.03. The van der Waals surface area contributed by atoms with Crippen LogP contribution in [0.5, 0.6) is 5.75 Å². The standard InChI is InChI=1S/C17H17F2NO/c18-14-5-6-15(19)12(8-14)9-16(20)13-7-11-3-1-2-4-17(11)21-10-13/h1-6,8,13,16H,7,9-10,20H2. The van der Waals surface area contributed by atoms with E-state index in [0.29, 0.717) is 18.6 Å². The third-order valence-electron chi connectivity index (χ3n) is 3.98. The molecule has 2 aromatic carbocycles. The summed E-state index contributed by atoms with van der Waals surface area (Å²) < 4.78 is 32.6. The zero-order valence-electron chi connectivity index (χ0n) is 11.6. The minimum Gasteiger partial charge on any atom is -0.493 e. The summed E-state index contributed by atoms with van der Waals surface area (Å²) in [5.41, 5.74) is 7.62. The Morgan fingerprint density at radius 2 is 2.00 bits per heavy atom. The zero-order valence-corrected chi connectivity index (χ0v) is 11.6. The van der Waals surface area contributed by atoms with Crippen molar-refractivity contribution in [3.8, 4) is 5.75 Å². The van der Waals surface area contributed by atoms with Gasteiger partial charge in [-0.05, 0) is 48.2 Å². The Morgan fingerprint density at radius 3 is 2.86 bits per heavy atom. The maximum Gasteiger partial charge on any atom is 0.126 e. The van der Waals surface area contributed by atoms with E-state index in [-0.39, 0.29) is 12.0 Å². The smallest absolute Gasteiger partial charge is 0.126 e. The number of rotatable bonds is 3. The lowest BCUT2D eigenvalue weighted by Gasteiger charge is -2.29. The van der Waals surface area contributed by atoms with E-state index in [1.807, 2.05) is 24.3 Å². The molecule has 2 nitrogen and oxygen atoms in total. The van der Waals surface area contributed by atoms with E-state index in [0.717, 1.165) is 29.9 Å². The highest BCUT2D eigenvalue weighted by Crippen LogP contribution is 2.28. The minimum atomic E-state index is -0.441. The third-order valence-corrected chi connectivity index (χ3v) is 3.98. The van der Waals surface area contributed by atoms with Crippen LogP contribution in [0.4, 0.5) is 8.78 Å². The van der Waals surface area contributed by atoms with Crippen molar-refractivity contribution in [2.75, 3.05) is 6.61 Å². The van der Waals surface area contributed by atoms with E-state index >= 15 is 0 Å². The highest BCUT2D eigenvalue weighted by atomic mass is 19.1. The summed E-state index contributed by atoms with van der Waals surface area (Å²) >= 11 is 0. The molecule has 4 heteroatoms. The lowest BCUT2D eigenvalue weighted by Crippen LogP contribution is -2.39. The number of halogens is 2. The van der Waals surface area contributed by atoms with Gasteiger partial charge in [-0.15, -0.1) is 0 Å². The normalized spacial score (nSPS) is 18.7. The fourth-order valence-electron chi connectivity index (χ4n) is 2.75. The van der Waals surface area contributed by atoms with Gasteiger partial charge in [0.2, 0.25) is 0 Å². The summed E-state index contributed by atoms with van der Waals surface area (Å²) in [5, 5.41) is 0. The first-order chi connectivity index (χ1) is 10.1. The van der Waals surface area contributed by atoms with Crippen molar-refractivity contribution in [1.29, 1.82) is 0 Å². The van der Waals surface area contributed by atoms with E-state index in [1.165, 1.54) is 6.07 Å². The monoisotopic (exact) mass is 289 g/mol. The molecule has 2 aromatic rings. The molecule has 21 heavy (non-hydrogen) atoms. The van der Waals surface area contributed by atoms with Crippen molar-refractivity contribution in [3.63, 3.8) is 0 Å². The van der Waals surface area contributed by atoms with Crippen LogP contribution >= 0.6 is 0 Å². The van der Waals surface area contributed by atoms with Crippen LogP contribution in [0.15, 0.2) is 42.5 Å². The molecule has 0 aliphatic carbocycles. The molecule has 0 aromatic heterocycles. The number of para-hydroxylation sites is 1. The van der Waals surface area contributed by atoms with Crippen LogP contribution in [0.25, 0.3) is 0 Å². The molecule has 1 heterocycles. The van der Waals surface area contributed by atoms with E-state index in [9.17, 15) is 8.78 Å². The Hall–Kier alpha value is -1.94. The predicted octanol–water partition coefficient (Wildman–Crippen LogP) is 3.09. The van der Waals surface area contributed by atoms with Crippen LogP contribution < -0.4 is 10.5 Å². The van der Waals surface area contributed by atoms with Crippen molar-refractivity contribution >= 4 is 0 Å². The Balaban J connectivity index is 1.72. The van der Waals surface area contributed by atoms with Crippen LogP contribution in [-0.4, -0.2) is 12.6 Å². The molecule has 2 unspecified atom stereocenters. The van der Waals surface area contributed by atoms with Gasteiger partial charge < -0.3 is 10.5 Å². The molecule has 2 atom stereocenters. The summed E-state index contributed by atoms with van der Waals surface area (Å²) in [4.78, 5) is 0. The number of hydrogen-bond donors (Lipinski definition) is 1. The van der Waals surface area contributed by atoms with Gasteiger partial charge in [0.1, 0.15) is 17.4 Å². The predicted molar refractivity (Wildman–Crippen MR) is 77.2 cm³/mol. The van der Waals surface area contributed by atoms with Gasteiger partial charge >= 0.3 is 0 Å². The van der Waals surface area contributed by atoms with Crippen molar-refractivity contribution < 1.29 is 13.5 Å². The lowest BCUT2D eigenvalue weighted by atomic mass is 9.87. The highest BCUT2D eigenvalue weighted by Gasteiger charge is 2.25. The molecular formula is C17H17F2NO. The topological polar surface area (TPSA) is 35.2 Å². The summed E-state index contributed by atoms with van der Waals surface area (Å²) in [6, 6.07) is 11.0. The summed E-state index contributed by atoms with van der Waals surface area (Å²) in [5.74, 6) is 0.133. The Kier molecular flexibility index (Phi) is 3.88. The zero-order chi connectivity index (χ0) is 14.8. The molecule has 0 spiro atoms. The first kappa shape index (κ1) is 14.0. The average Bonchev–Trinajstić information content (AvgIpc) is 2.50. The Labute approximate surface area is 122 Å². The van der Waals surface area contributed by atoms with Gasteiger partial charge in [0.15, 0.2) is 0 Å². The molecule has 0 saturated heterocycles. The van der Waals surface area contributed by atoms with Crippen LogP contribution in [0.2, 0.25) is 0 Å². The van der Waals surface area contributed by atoms with Crippen LogP contribution in [0.3, 0.4) is 0 Å². The minimum absolute atomic E-state index is 0.0996. The van der Waals surface area contributed by atoms with Crippen molar-refractivity contribution in [3.05, 3.63) is 65.2 Å². The average molecular weight is 289 g/mol. The maximum atomic E-state index is 13.7. The first-order valence-corrected chi connectivity index (χ1v) is 7.03.